The minimum Gasteiger partial charge on any atom is -0.466 e. The maximum Gasteiger partial charge on any atom is 0.373 e. The molecule has 1 heterocycles. The average Bonchev–Trinajstić information content (AvgIpc) is 2.84. The lowest BCUT2D eigenvalue weighted by Crippen LogP contribution is -2.68. The second-order valence-electron chi connectivity index (χ2n) is 8.32. The van der Waals surface area contributed by atoms with E-state index in [0.29, 0.717) is 0 Å². The predicted octanol–water partition coefficient (Wildman–Crippen LogP) is -0.00660. The number of hydrogen-bond donors (Lipinski definition) is 1. The summed E-state index contributed by atoms with van der Waals surface area (Å²) in [5, 5.41) is -0.155. The molecule has 16 nitrogen and oxygen atoms in total. The van der Waals surface area contributed by atoms with Crippen molar-refractivity contribution >= 4 is 43.3 Å². The molecule has 1 aliphatic heterocycles. The Balaban J connectivity index is 4.01. The number of carbonyl (C=O) groups excluding carboxylic acids is 6. The van der Waals surface area contributed by atoms with Crippen LogP contribution in [0.1, 0.15) is 41.0 Å². The molecule has 0 spiro atoms. The van der Waals surface area contributed by atoms with Crippen molar-refractivity contribution in [1.29, 1.82) is 0 Å². The zero-order valence-corrected chi connectivity index (χ0v) is 23.8. The molecule has 0 unspecified atom stereocenters. The molecule has 0 bridgehead atoms. The number of methoxy groups -OCH3 is 1. The molecule has 1 rings (SSSR count). The lowest BCUT2D eigenvalue weighted by molar-refractivity contribution is -0.228. The third kappa shape index (κ3) is 8.46. The molecule has 1 amide bonds. The SMILES string of the molecule is COC(=O)[C@]1(P(=O)(OC)OC)C[C@H](OC(C)=O)[C@@H](NC(C)=O)[C@H]([C@H](OC(C)=O)[C@@H](COC(C)=O)OC(C)=O)O1. The van der Waals surface area contributed by atoms with Crippen LogP contribution in [0.15, 0.2) is 0 Å². The van der Waals surface area contributed by atoms with Gasteiger partial charge in [0.2, 0.25) is 5.91 Å². The number of esters is 5. The van der Waals surface area contributed by atoms with Gasteiger partial charge in [0.05, 0.1) is 13.2 Å². The Morgan fingerprint density at radius 1 is 0.897 bits per heavy atom. The fourth-order valence-electron chi connectivity index (χ4n) is 4.07. The minimum atomic E-state index is -4.64. The summed E-state index contributed by atoms with van der Waals surface area (Å²) >= 11 is 0. The molecule has 1 N–H and O–H groups in total. The van der Waals surface area contributed by atoms with Gasteiger partial charge in [-0.2, -0.15) is 0 Å². The average molecular weight is 583 g/mol. The summed E-state index contributed by atoms with van der Waals surface area (Å²) in [4.78, 5) is 73.1. The number of nitrogens with one attached hydrogen (secondary N) is 1. The standard InChI is InChI=1S/C22H34NO15P/c1-11(24)23-18-16(35-13(3)26)9-22(21(29)31-6,39(30,32-7)33-8)38-20(18)19(37-15(5)28)17(36-14(4)27)10-34-12(2)25/h16-20H,9-10H2,1-8H3,(H,23,24)/t16-,17+,18+,19+,20+,22+/m0/s1. The van der Waals surface area contributed by atoms with E-state index in [1.165, 1.54) is 0 Å². The van der Waals surface area contributed by atoms with Crippen molar-refractivity contribution in [3.05, 3.63) is 0 Å². The Bertz CT molecular complexity index is 992. The van der Waals surface area contributed by atoms with E-state index in [-0.39, 0.29) is 0 Å². The first kappa shape index (κ1) is 34.0. The van der Waals surface area contributed by atoms with Gasteiger partial charge in [-0.25, -0.2) is 4.79 Å². The summed E-state index contributed by atoms with van der Waals surface area (Å²) in [7, 11) is -1.77. The number of rotatable bonds is 12. The van der Waals surface area contributed by atoms with Gasteiger partial charge >= 0.3 is 37.4 Å². The lowest BCUT2D eigenvalue weighted by Gasteiger charge is -2.49. The van der Waals surface area contributed by atoms with Crippen molar-refractivity contribution in [2.45, 2.75) is 76.8 Å². The van der Waals surface area contributed by atoms with Crippen LogP contribution in [0.2, 0.25) is 0 Å². The van der Waals surface area contributed by atoms with E-state index < -0.39 is 92.2 Å². The number of carbonyl (C=O) groups is 6. The van der Waals surface area contributed by atoms with Crippen molar-refractivity contribution in [3.8, 4) is 0 Å². The Kier molecular flexibility index (Phi) is 12.5. The Morgan fingerprint density at radius 2 is 1.46 bits per heavy atom. The molecule has 1 saturated heterocycles. The Morgan fingerprint density at radius 3 is 1.87 bits per heavy atom. The van der Waals surface area contributed by atoms with E-state index in [1.807, 2.05) is 0 Å². The highest BCUT2D eigenvalue weighted by Crippen LogP contribution is 2.64. The van der Waals surface area contributed by atoms with Crippen molar-refractivity contribution < 1.29 is 70.8 Å². The fraction of sp³-hybridized carbons (Fsp3) is 0.727. The summed E-state index contributed by atoms with van der Waals surface area (Å²) in [6, 6.07) is -1.41. The van der Waals surface area contributed by atoms with E-state index in [9.17, 15) is 33.3 Å². The zero-order valence-electron chi connectivity index (χ0n) is 22.9. The fourth-order valence-corrected chi connectivity index (χ4v) is 5.78. The third-order valence-corrected chi connectivity index (χ3v) is 7.76. The maximum atomic E-state index is 13.8. The largest absolute Gasteiger partial charge is 0.466 e. The van der Waals surface area contributed by atoms with Crippen LogP contribution in [0.5, 0.6) is 0 Å². The molecule has 39 heavy (non-hydrogen) atoms. The van der Waals surface area contributed by atoms with Crippen LogP contribution in [-0.2, 0) is 70.8 Å². The Labute approximate surface area is 224 Å². The minimum absolute atomic E-state index is 0.671. The van der Waals surface area contributed by atoms with Gasteiger partial charge in [-0.05, 0) is 0 Å². The van der Waals surface area contributed by atoms with E-state index in [1.54, 1.807) is 0 Å². The molecule has 17 heteroatoms. The van der Waals surface area contributed by atoms with Gasteiger partial charge in [-0.1, -0.05) is 0 Å². The second kappa shape index (κ2) is 14.4. The third-order valence-electron chi connectivity index (χ3n) is 5.44. The van der Waals surface area contributed by atoms with Crippen LogP contribution in [0.3, 0.4) is 0 Å². The lowest BCUT2D eigenvalue weighted by atomic mass is 9.89. The molecule has 222 valence electrons. The summed E-state index contributed by atoms with van der Waals surface area (Å²) in [5.74, 6) is -5.48. The molecule has 0 saturated carbocycles. The molecule has 1 fully saturated rings. The van der Waals surface area contributed by atoms with Gasteiger partial charge in [0, 0.05) is 55.3 Å². The quantitative estimate of drug-likeness (QED) is 0.182. The molecular formula is C22H34NO15P. The van der Waals surface area contributed by atoms with E-state index >= 15 is 0 Å². The first-order valence-corrected chi connectivity index (χ1v) is 13.0. The van der Waals surface area contributed by atoms with Crippen molar-refractivity contribution in [2.75, 3.05) is 27.9 Å². The van der Waals surface area contributed by atoms with Gasteiger partial charge in [0.25, 0.3) is 5.34 Å². The van der Waals surface area contributed by atoms with Crippen LogP contribution in [-0.4, -0.2) is 99.5 Å². The Hall–Kier alpha value is -3.07. The second-order valence-corrected chi connectivity index (χ2v) is 10.8. The number of amides is 1. The number of ether oxygens (including phenoxy) is 6. The van der Waals surface area contributed by atoms with E-state index in [2.05, 4.69) is 5.32 Å². The van der Waals surface area contributed by atoms with Gasteiger partial charge in [0.1, 0.15) is 18.8 Å². The first-order chi connectivity index (χ1) is 18.1. The molecule has 0 aromatic rings. The van der Waals surface area contributed by atoms with Crippen LogP contribution < -0.4 is 5.32 Å². The van der Waals surface area contributed by atoms with Crippen LogP contribution in [0.4, 0.5) is 0 Å². The molecule has 0 radical (unpaired) electrons. The van der Waals surface area contributed by atoms with Crippen molar-refractivity contribution in [1.82, 2.24) is 5.32 Å². The molecule has 1 aliphatic rings. The first-order valence-electron chi connectivity index (χ1n) is 11.5. The molecule has 6 atom stereocenters. The highest BCUT2D eigenvalue weighted by atomic mass is 31.2. The zero-order chi connectivity index (χ0) is 30.1. The number of hydrogen-bond acceptors (Lipinski definition) is 15. The van der Waals surface area contributed by atoms with Crippen LogP contribution >= 0.6 is 7.60 Å². The highest BCUT2D eigenvalue weighted by molar-refractivity contribution is 7.56. The maximum absolute atomic E-state index is 13.8. The van der Waals surface area contributed by atoms with E-state index in [0.717, 1.165) is 55.9 Å². The summed E-state index contributed by atoms with van der Waals surface area (Å²) < 4.78 is 55.7. The normalized spacial score (nSPS) is 24.4. The highest BCUT2D eigenvalue weighted by Gasteiger charge is 2.67. The summed E-state index contributed by atoms with van der Waals surface area (Å²) in [6.07, 6.45) is -7.32. The van der Waals surface area contributed by atoms with Gasteiger partial charge in [-0.3, -0.25) is 28.5 Å². The molecule has 0 aromatic carbocycles. The molecule has 0 aliphatic carbocycles. The predicted molar refractivity (Wildman–Crippen MR) is 127 cm³/mol. The van der Waals surface area contributed by atoms with Gasteiger partial charge in [-0.15, -0.1) is 0 Å². The summed E-state index contributed by atoms with van der Waals surface area (Å²) in [6.45, 7) is 4.55. The molecule has 0 aromatic heterocycles. The van der Waals surface area contributed by atoms with Crippen molar-refractivity contribution in [3.63, 3.8) is 0 Å². The van der Waals surface area contributed by atoms with Crippen molar-refractivity contribution in [2.24, 2.45) is 0 Å². The van der Waals surface area contributed by atoms with E-state index in [4.69, 9.17) is 37.5 Å². The van der Waals surface area contributed by atoms with Gasteiger partial charge in [0.15, 0.2) is 12.2 Å². The van der Waals surface area contributed by atoms with Crippen LogP contribution in [0.25, 0.3) is 0 Å². The molecular weight excluding hydrogens is 549 g/mol. The van der Waals surface area contributed by atoms with Crippen LogP contribution in [0, 0.1) is 0 Å². The monoisotopic (exact) mass is 583 g/mol. The van der Waals surface area contributed by atoms with Gasteiger partial charge < -0.3 is 42.8 Å². The topological polar surface area (TPSA) is 205 Å². The summed E-state index contributed by atoms with van der Waals surface area (Å²) in [5.41, 5.74) is 0. The smallest absolute Gasteiger partial charge is 0.373 e.